The fraction of sp³-hybridized carbons (Fsp3) is 0. The summed E-state index contributed by atoms with van der Waals surface area (Å²) >= 11 is 3.35. The second-order valence-electron chi connectivity index (χ2n) is 3.14. The van der Waals surface area contributed by atoms with Gasteiger partial charge in [-0.2, -0.15) is 0 Å². The molecule has 0 aliphatic heterocycles. The summed E-state index contributed by atoms with van der Waals surface area (Å²) in [4.78, 5) is 13.8. The van der Waals surface area contributed by atoms with Crippen LogP contribution < -0.4 is 11.3 Å². The topological polar surface area (TPSA) is 58.9 Å². The van der Waals surface area contributed by atoms with Gasteiger partial charge in [0.15, 0.2) is 0 Å². The molecule has 0 saturated heterocycles. The normalized spacial score (nSPS) is 10.2. The van der Waals surface area contributed by atoms with Crippen LogP contribution in [0.4, 0.5) is 5.69 Å². The van der Waals surface area contributed by atoms with Gasteiger partial charge in [-0.3, -0.25) is 4.79 Å². The van der Waals surface area contributed by atoms with Crippen LogP contribution in [-0.2, 0) is 0 Å². The average Bonchev–Trinajstić information content (AvgIpc) is 2.24. The van der Waals surface area contributed by atoms with E-state index in [4.69, 9.17) is 5.73 Å². The first-order chi connectivity index (χ1) is 7.18. The minimum Gasteiger partial charge on any atom is -0.394 e. The number of aromatic nitrogens is 1. The first kappa shape index (κ1) is 9.98. The van der Waals surface area contributed by atoms with Gasteiger partial charge in [0.2, 0.25) is 0 Å². The fourth-order valence-electron chi connectivity index (χ4n) is 1.37. The summed E-state index contributed by atoms with van der Waals surface area (Å²) in [5.41, 5.74) is 7.38. The monoisotopic (exact) mass is 264 g/mol. The van der Waals surface area contributed by atoms with E-state index >= 15 is 0 Å². The molecule has 1 heterocycles. The molecule has 15 heavy (non-hydrogen) atoms. The molecule has 0 aliphatic carbocycles. The summed E-state index contributed by atoms with van der Waals surface area (Å²) in [7, 11) is 0. The van der Waals surface area contributed by atoms with E-state index in [9.17, 15) is 4.79 Å². The number of hydrogen-bond acceptors (Lipinski definition) is 2. The van der Waals surface area contributed by atoms with Crippen LogP contribution in [0.3, 0.4) is 0 Å². The molecule has 0 atom stereocenters. The van der Waals surface area contributed by atoms with E-state index in [1.165, 1.54) is 0 Å². The molecule has 0 fully saturated rings. The Bertz CT molecular complexity index is 531. The number of H-pyrrole nitrogens is 1. The quantitative estimate of drug-likeness (QED) is 0.831. The molecule has 0 spiro atoms. The lowest BCUT2D eigenvalue weighted by Gasteiger charge is -2.04. The molecular formula is C11H9BrN2O. The molecule has 0 aliphatic rings. The third kappa shape index (κ3) is 1.94. The summed E-state index contributed by atoms with van der Waals surface area (Å²) in [6, 6.07) is 9.44. The Hall–Kier alpha value is -1.55. The Morgan fingerprint density at radius 1 is 1.13 bits per heavy atom. The van der Waals surface area contributed by atoms with Gasteiger partial charge in [0.1, 0.15) is 5.69 Å². The number of rotatable bonds is 1. The molecule has 3 nitrogen and oxygen atoms in total. The van der Waals surface area contributed by atoms with Crippen molar-refractivity contribution in [2.75, 3.05) is 5.73 Å². The first-order valence-electron chi connectivity index (χ1n) is 4.41. The number of nitrogens with two attached hydrogens (primary N) is 1. The zero-order chi connectivity index (χ0) is 10.8. The summed E-state index contributed by atoms with van der Waals surface area (Å²) in [6.07, 6.45) is 1.59. The van der Waals surface area contributed by atoms with Gasteiger partial charge in [-0.25, -0.2) is 0 Å². The van der Waals surface area contributed by atoms with Crippen molar-refractivity contribution in [3.63, 3.8) is 0 Å². The highest BCUT2D eigenvalue weighted by Crippen LogP contribution is 2.24. The predicted octanol–water partition coefficient (Wildman–Crippen LogP) is 2.39. The molecule has 1 aromatic heterocycles. The number of pyridine rings is 1. The van der Waals surface area contributed by atoms with Gasteiger partial charge in [-0.15, -0.1) is 0 Å². The van der Waals surface area contributed by atoms with Crippen LogP contribution in [-0.4, -0.2) is 4.98 Å². The molecule has 3 N–H and O–H groups in total. The van der Waals surface area contributed by atoms with Crippen molar-refractivity contribution in [3.8, 4) is 11.1 Å². The number of nitrogen functional groups attached to an aromatic ring is 1. The van der Waals surface area contributed by atoms with Gasteiger partial charge in [0.05, 0.1) is 0 Å². The molecule has 0 radical (unpaired) electrons. The smallest absolute Gasteiger partial charge is 0.271 e. The Morgan fingerprint density at radius 3 is 2.47 bits per heavy atom. The minimum absolute atomic E-state index is 0.250. The largest absolute Gasteiger partial charge is 0.394 e. The van der Waals surface area contributed by atoms with Crippen molar-refractivity contribution < 1.29 is 0 Å². The zero-order valence-corrected chi connectivity index (χ0v) is 9.41. The van der Waals surface area contributed by atoms with Crippen LogP contribution >= 0.6 is 15.9 Å². The Balaban J connectivity index is 2.59. The van der Waals surface area contributed by atoms with Gasteiger partial charge in [-0.1, -0.05) is 28.1 Å². The fourth-order valence-corrected chi connectivity index (χ4v) is 1.64. The molecule has 76 valence electrons. The van der Waals surface area contributed by atoms with Crippen LogP contribution in [0.1, 0.15) is 0 Å². The van der Waals surface area contributed by atoms with Crippen molar-refractivity contribution in [3.05, 3.63) is 51.4 Å². The van der Waals surface area contributed by atoms with E-state index in [0.29, 0.717) is 0 Å². The van der Waals surface area contributed by atoms with Crippen molar-refractivity contribution in [1.29, 1.82) is 0 Å². The van der Waals surface area contributed by atoms with Gasteiger partial charge < -0.3 is 10.7 Å². The molecule has 1 aromatic carbocycles. The molecule has 0 unspecified atom stereocenters. The lowest BCUT2D eigenvalue weighted by Crippen LogP contribution is -2.11. The van der Waals surface area contributed by atoms with E-state index in [-0.39, 0.29) is 11.2 Å². The molecular weight excluding hydrogens is 256 g/mol. The molecule has 4 heteroatoms. The maximum atomic E-state index is 11.3. The molecule has 0 bridgehead atoms. The third-order valence-electron chi connectivity index (χ3n) is 2.15. The number of halogens is 1. The number of aromatic amines is 1. The zero-order valence-electron chi connectivity index (χ0n) is 7.83. The molecule has 2 rings (SSSR count). The number of benzene rings is 1. The van der Waals surface area contributed by atoms with E-state index in [0.717, 1.165) is 15.6 Å². The number of nitrogens with one attached hydrogen (secondary N) is 1. The van der Waals surface area contributed by atoms with Crippen LogP contribution in [0.2, 0.25) is 0 Å². The minimum atomic E-state index is -0.254. The van der Waals surface area contributed by atoms with E-state index in [1.54, 1.807) is 12.3 Å². The van der Waals surface area contributed by atoms with Gasteiger partial charge in [-0.05, 0) is 23.8 Å². The van der Waals surface area contributed by atoms with Crippen LogP contribution in [0.5, 0.6) is 0 Å². The van der Waals surface area contributed by atoms with Crippen molar-refractivity contribution in [2.24, 2.45) is 0 Å². The molecule has 0 saturated carbocycles. The molecule has 0 amide bonds. The van der Waals surface area contributed by atoms with Crippen LogP contribution in [0.25, 0.3) is 11.1 Å². The predicted molar refractivity (Wildman–Crippen MR) is 64.6 cm³/mol. The maximum Gasteiger partial charge on any atom is 0.271 e. The Morgan fingerprint density at radius 2 is 1.80 bits per heavy atom. The van der Waals surface area contributed by atoms with Gasteiger partial charge >= 0.3 is 0 Å². The van der Waals surface area contributed by atoms with Gasteiger partial charge in [0.25, 0.3) is 5.56 Å². The van der Waals surface area contributed by atoms with E-state index < -0.39 is 0 Å². The SMILES string of the molecule is Nc1c(-c2ccc(Br)cc2)cc[nH]c1=O. The Kier molecular flexibility index (Phi) is 2.60. The lowest BCUT2D eigenvalue weighted by atomic mass is 10.1. The summed E-state index contributed by atoms with van der Waals surface area (Å²) in [5.74, 6) is 0. The van der Waals surface area contributed by atoms with Gasteiger partial charge in [0, 0.05) is 16.2 Å². The summed E-state index contributed by atoms with van der Waals surface area (Å²) < 4.78 is 0.995. The summed E-state index contributed by atoms with van der Waals surface area (Å²) in [5, 5.41) is 0. The highest BCUT2D eigenvalue weighted by Gasteiger charge is 2.04. The Labute approximate surface area is 95.1 Å². The van der Waals surface area contributed by atoms with E-state index in [2.05, 4.69) is 20.9 Å². The highest BCUT2D eigenvalue weighted by atomic mass is 79.9. The second kappa shape index (κ2) is 3.90. The first-order valence-corrected chi connectivity index (χ1v) is 5.21. The number of anilines is 1. The van der Waals surface area contributed by atoms with Crippen LogP contribution in [0.15, 0.2) is 45.8 Å². The highest BCUT2D eigenvalue weighted by molar-refractivity contribution is 9.10. The van der Waals surface area contributed by atoms with Crippen LogP contribution in [0, 0.1) is 0 Å². The average molecular weight is 265 g/mol. The standard InChI is InChI=1S/C11H9BrN2O/c12-8-3-1-7(2-4-8)9-5-6-14-11(15)10(9)13/h1-6H,13H2,(H,14,15). The van der Waals surface area contributed by atoms with E-state index in [1.807, 2.05) is 24.3 Å². The maximum absolute atomic E-state index is 11.3. The van der Waals surface area contributed by atoms with Crippen molar-refractivity contribution in [1.82, 2.24) is 4.98 Å². The summed E-state index contributed by atoms with van der Waals surface area (Å²) in [6.45, 7) is 0. The third-order valence-corrected chi connectivity index (χ3v) is 2.68. The van der Waals surface area contributed by atoms with Crippen molar-refractivity contribution in [2.45, 2.75) is 0 Å². The van der Waals surface area contributed by atoms with Crippen molar-refractivity contribution >= 4 is 21.6 Å². The molecule has 2 aromatic rings. The lowest BCUT2D eigenvalue weighted by molar-refractivity contribution is 1.25. The second-order valence-corrected chi connectivity index (χ2v) is 4.06. The number of hydrogen-bond donors (Lipinski definition) is 2.